The molecule has 0 saturated heterocycles. The van der Waals surface area contributed by atoms with Crippen molar-refractivity contribution in [2.24, 2.45) is 0 Å². The van der Waals surface area contributed by atoms with E-state index in [-0.39, 0.29) is 13.2 Å². The van der Waals surface area contributed by atoms with Gasteiger partial charge in [0, 0.05) is 12.7 Å². The molecule has 0 unspecified atom stereocenters. The minimum absolute atomic E-state index is 0.113. The molecule has 0 saturated carbocycles. The first kappa shape index (κ1) is 11.8. The first-order chi connectivity index (χ1) is 8.22. The van der Waals surface area contributed by atoms with Crippen LogP contribution in [0.3, 0.4) is 0 Å². The Hall–Kier alpha value is -1.69. The third-order valence-electron chi connectivity index (χ3n) is 2.39. The van der Waals surface area contributed by atoms with Crippen LogP contribution in [0.25, 0.3) is 11.0 Å². The summed E-state index contributed by atoms with van der Waals surface area (Å²) >= 11 is 0. The molecule has 0 aliphatic rings. The molecular formula is C11H12F2N2O2. The highest BCUT2D eigenvalue weighted by Gasteiger charge is 2.16. The normalized spacial score (nSPS) is 11.3. The molecule has 0 atom stereocenters. The largest absolute Gasteiger partial charge is 0.464 e. The number of alkyl halides is 2. The van der Waals surface area contributed by atoms with Gasteiger partial charge in [-0.25, -0.2) is 13.8 Å². The lowest BCUT2D eigenvalue weighted by atomic mass is 10.3. The van der Waals surface area contributed by atoms with E-state index in [1.54, 1.807) is 12.1 Å². The summed E-state index contributed by atoms with van der Waals surface area (Å²) < 4.78 is 30.1. The first-order valence-electron chi connectivity index (χ1n) is 5.18. The first-order valence-corrected chi connectivity index (χ1v) is 5.18. The van der Waals surface area contributed by atoms with E-state index in [2.05, 4.69) is 4.98 Å². The van der Waals surface area contributed by atoms with Gasteiger partial charge in [-0.1, -0.05) is 0 Å². The molecule has 2 rings (SSSR count). The van der Waals surface area contributed by atoms with E-state index in [4.69, 9.17) is 9.52 Å². The summed E-state index contributed by atoms with van der Waals surface area (Å²) in [6.07, 6.45) is 0.498. The number of pyridine rings is 1. The predicted molar refractivity (Wildman–Crippen MR) is 59.3 cm³/mol. The van der Waals surface area contributed by atoms with Crippen LogP contribution in [-0.4, -0.2) is 36.2 Å². The molecule has 2 heterocycles. The maximum atomic E-state index is 12.4. The maximum Gasteiger partial charge on any atom is 0.255 e. The molecule has 0 fully saturated rings. The zero-order valence-electron chi connectivity index (χ0n) is 9.01. The molecule has 6 heteroatoms. The lowest BCUT2D eigenvalue weighted by Gasteiger charge is -2.22. The van der Waals surface area contributed by atoms with Crippen molar-refractivity contribution in [3.05, 3.63) is 24.6 Å². The van der Waals surface area contributed by atoms with Gasteiger partial charge in [-0.05, 0) is 12.1 Å². The number of aliphatic hydroxyl groups is 1. The van der Waals surface area contributed by atoms with Crippen LogP contribution in [0.15, 0.2) is 29.0 Å². The van der Waals surface area contributed by atoms with Gasteiger partial charge in [-0.2, -0.15) is 0 Å². The van der Waals surface area contributed by atoms with Crippen LogP contribution >= 0.6 is 0 Å². The van der Waals surface area contributed by atoms with E-state index >= 15 is 0 Å². The van der Waals surface area contributed by atoms with Gasteiger partial charge in [0.05, 0.1) is 24.8 Å². The van der Waals surface area contributed by atoms with E-state index in [0.717, 1.165) is 0 Å². The number of furan rings is 1. The van der Waals surface area contributed by atoms with Gasteiger partial charge in [0.2, 0.25) is 0 Å². The number of aliphatic hydroxyl groups excluding tert-OH is 1. The van der Waals surface area contributed by atoms with Crippen LogP contribution < -0.4 is 4.90 Å². The Morgan fingerprint density at radius 2 is 2.24 bits per heavy atom. The molecule has 0 bridgehead atoms. The lowest BCUT2D eigenvalue weighted by molar-refractivity contribution is 0.152. The standard InChI is InChI=1S/C11H12F2N2O2/c12-10(13)7-15(4-5-16)11-8-2-6-17-9(8)1-3-14-11/h1-3,6,10,16H,4-5,7H2. The summed E-state index contributed by atoms with van der Waals surface area (Å²) in [6, 6.07) is 3.34. The van der Waals surface area contributed by atoms with Gasteiger partial charge < -0.3 is 14.4 Å². The fraction of sp³-hybridized carbons (Fsp3) is 0.364. The number of hydrogen-bond acceptors (Lipinski definition) is 4. The average Bonchev–Trinajstić information content (AvgIpc) is 2.75. The molecule has 0 aliphatic heterocycles. The smallest absolute Gasteiger partial charge is 0.255 e. The summed E-state index contributed by atoms with van der Waals surface area (Å²) in [6.45, 7) is -0.553. The number of aromatic nitrogens is 1. The third kappa shape index (κ3) is 2.52. The highest BCUT2D eigenvalue weighted by Crippen LogP contribution is 2.25. The number of rotatable bonds is 5. The highest BCUT2D eigenvalue weighted by atomic mass is 19.3. The topological polar surface area (TPSA) is 49.5 Å². The van der Waals surface area contributed by atoms with Crippen LogP contribution in [0, 0.1) is 0 Å². The minimum atomic E-state index is -2.48. The summed E-state index contributed by atoms with van der Waals surface area (Å²) in [7, 11) is 0. The molecule has 0 radical (unpaired) electrons. The highest BCUT2D eigenvalue weighted by molar-refractivity contribution is 5.88. The fourth-order valence-corrected chi connectivity index (χ4v) is 1.70. The number of nitrogens with zero attached hydrogens (tertiary/aromatic N) is 2. The Morgan fingerprint density at radius 3 is 2.94 bits per heavy atom. The van der Waals surface area contributed by atoms with Gasteiger partial charge in [0.15, 0.2) is 0 Å². The summed E-state index contributed by atoms with van der Waals surface area (Å²) in [5.41, 5.74) is 0.590. The number of halogens is 2. The Bertz CT molecular complexity index is 487. The van der Waals surface area contributed by atoms with Gasteiger partial charge in [-0.15, -0.1) is 0 Å². The molecule has 1 N–H and O–H groups in total. The van der Waals surface area contributed by atoms with Crippen molar-refractivity contribution in [2.45, 2.75) is 6.43 Å². The zero-order chi connectivity index (χ0) is 12.3. The second-order valence-corrected chi connectivity index (χ2v) is 3.53. The van der Waals surface area contributed by atoms with Crippen molar-refractivity contribution in [3.8, 4) is 0 Å². The van der Waals surface area contributed by atoms with Gasteiger partial charge in [0.25, 0.3) is 6.43 Å². The molecular weight excluding hydrogens is 230 g/mol. The number of anilines is 1. The predicted octanol–water partition coefficient (Wildman–Crippen LogP) is 1.89. The van der Waals surface area contributed by atoms with E-state index in [9.17, 15) is 8.78 Å². The zero-order valence-corrected chi connectivity index (χ0v) is 9.01. The molecule has 2 aromatic heterocycles. The van der Waals surface area contributed by atoms with Crippen LogP contribution in [0.5, 0.6) is 0 Å². The molecule has 0 amide bonds. The Balaban J connectivity index is 2.36. The van der Waals surface area contributed by atoms with Gasteiger partial charge in [-0.3, -0.25) is 0 Å². The second kappa shape index (κ2) is 5.09. The summed E-state index contributed by atoms with van der Waals surface area (Å²) in [5, 5.41) is 9.56. The van der Waals surface area contributed by atoms with Crippen molar-refractivity contribution < 1.29 is 18.3 Å². The van der Waals surface area contributed by atoms with Crippen LogP contribution in [0.2, 0.25) is 0 Å². The molecule has 92 valence electrons. The number of hydrogen-bond donors (Lipinski definition) is 1. The maximum absolute atomic E-state index is 12.4. The van der Waals surface area contributed by atoms with Crippen molar-refractivity contribution in [3.63, 3.8) is 0 Å². The van der Waals surface area contributed by atoms with Crippen molar-refractivity contribution in [1.82, 2.24) is 4.98 Å². The SMILES string of the molecule is OCCN(CC(F)F)c1nccc2occc12. The molecule has 0 aliphatic carbocycles. The van der Waals surface area contributed by atoms with Crippen LogP contribution in [-0.2, 0) is 0 Å². The Kier molecular flexibility index (Phi) is 3.53. The van der Waals surface area contributed by atoms with Gasteiger partial charge in [0.1, 0.15) is 11.4 Å². The lowest BCUT2D eigenvalue weighted by Crippen LogP contribution is -2.32. The summed E-state index contributed by atoms with van der Waals surface area (Å²) in [4.78, 5) is 5.42. The Morgan fingerprint density at radius 1 is 1.41 bits per heavy atom. The Labute approximate surface area is 96.5 Å². The second-order valence-electron chi connectivity index (χ2n) is 3.53. The van der Waals surface area contributed by atoms with Gasteiger partial charge >= 0.3 is 0 Å². The van der Waals surface area contributed by atoms with E-state index in [1.165, 1.54) is 17.4 Å². The van der Waals surface area contributed by atoms with Crippen LogP contribution in [0.4, 0.5) is 14.6 Å². The fourth-order valence-electron chi connectivity index (χ4n) is 1.70. The molecule has 0 aromatic carbocycles. The van der Waals surface area contributed by atoms with E-state index < -0.39 is 13.0 Å². The third-order valence-corrected chi connectivity index (χ3v) is 2.39. The van der Waals surface area contributed by atoms with E-state index in [0.29, 0.717) is 16.8 Å². The quantitative estimate of drug-likeness (QED) is 0.869. The average molecular weight is 242 g/mol. The van der Waals surface area contributed by atoms with Crippen molar-refractivity contribution >= 4 is 16.8 Å². The van der Waals surface area contributed by atoms with E-state index in [1.807, 2.05) is 0 Å². The van der Waals surface area contributed by atoms with Crippen molar-refractivity contribution in [2.75, 3.05) is 24.6 Å². The van der Waals surface area contributed by atoms with Crippen LogP contribution in [0.1, 0.15) is 0 Å². The minimum Gasteiger partial charge on any atom is -0.464 e. The molecule has 17 heavy (non-hydrogen) atoms. The number of fused-ring (bicyclic) bond motifs is 1. The van der Waals surface area contributed by atoms with Crippen molar-refractivity contribution in [1.29, 1.82) is 0 Å². The molecule has 0 spiro atoms. The molecule has 4 nitrogen and oxygen atoms in total. The summed E-state index contributed by atoms with van der Waals surface area (Å²) in [5.74, 6) is 0.408. The monoisotopic (exact) mass is 242 g/mol. The molecule has 2 aromatic rings.